The van der Waals surface area contributed by atoms with Crippen molar-refractivity contribution in [2.24, 2.45) is 0 Å². The summed E-state index contributed by atoms with van der Waals surface area (Å²) in [5.74, 6) is -1.58. The highest BCUT2D eigenvalue weighted by molar-refractivity contribution is 7.20. The lowest BCUT2D eigenvalue weighted by atomic mass is 10.1. The van der Waals surface area contributed by atoms with E-state index in [1.165, 1.54) is 17.5 Å². The topological polar surface area (TPSA) is 87.0 Å². The second kappa shape index (κ2) is 7.49. The molecule has 0 spiro atoms. The Labute approximate surface area is 153 Å². The van der Waals surface area contributed by atoms with Crippen molar-refractivity contribution >= 4 is 33.8 Å². The molecular weight excluding hydrogens is 356 g/mol. The van der Waals surface area contributed by atoms with Crippen LogP contribution in [0.5, 0.6) is 5.75 Å². The number of carbonyl (C=O) groups is 3. The van der Waals surface area contributed by atoms with Gasteiger partial charge in [-0.1, -0.05) is 11.3 Å². The molecule has 2 heterocycles. The summed E-state index contributed by atoms with van der Waals surface area (Å²) in [5, 5.41) is 0. The number of ether oxygens (including phenoxy) is 2. The first-order valence-electron chi connectivity index (χ1n) is 7.88. The summed E-state index contributed by atoms with van der Waals surface area (Å²) in [6, 6.07) is 7.52. The summed E-state index contributed by atoms with van der Waals surface area (Å²) in [6.45, 7) is 1.69. The van der Waals surface area contributed by atoms with Crippen molar-refractivity contribution in [1.82, 2.24) is 9.38 Å². The number of rotatable bonds is 7. The van der Waals surface area contributed by atoms with Crippen LogP contribution in [-0.4, -0.2) is 40.6 Å². The molecule has 0 saturated carbocycles. The average molecular weight is 372 g/mol. The molecule has 7 nitrogen and oxygen atoms in total. The zero-order valence-corrected chi connectivity index (χ0v) is 15.0. The molecule has 3 rings (SSSR count). The van der Waals surface area contributed by atoms with Gasteiger partial charge in [0.1, 0.15) is 11.4 Å². The van der Waals surface area contributed by atoms with Gasteiger partial charge in [-0.15, -0.1) is 0 Å². The molecule has 0 aliphatic heterocycles. The fraction of sp³-hybridized carbons (Fsp3) is 0.222. The number of imidazole rings is 1. The van der Waals surface area contributed by atoms with E-state index in [1.54, 1.807) is 24.6 Å². The Morgan fingerprint density at radius 1 is 1.19 bits per heavy atom. The Balaban J connectivity index is 1.84. The number of hydrogen-bond donors (Lipinski definition) is 0. The van der Waals surface area contributed by atoms with E-state index in [-0.39, 0.29) is 12.3 Å². The highest BCUT2D eigenvalue weighted by atomic mass is 32.1. The van der Waals surface area contributed by atoms with E-state index in [0.29, 0.717) is 4.96 Å². The van der Waals surface area contributed by atoms with Gasteiger partial charge < -0.3 is 9.47 Å². The first-order chi connectivity index (χ1) is 12.5. The Bertz CT molecular complexity index is 971. The van der Waals surface area contributed by atoms with Crippen molar-refractivity contribution in [3.8, 4) is 16.2 Å². The normalized spacial score (nSPS) is 10.7. The molecule has 0 fully saturated rings. The first kappa shape index (κ1) is 17.8. The summed E-state index contributed by atoms with van der Waals surface area (Å²) in [4.78, 5) is 41.3. The van der Waals surface area contributed by atoms with E-state index in [0.717, 1.165) is 16.2 Å². The molecule has 0 amide bonds. The maximum atomic E-state index is 12.4. The molecule has 0 saturated heterocycles. The Morgan fingerprint density at radius 2 is 1.92 bits per heavy atom. The largest absolute Gasteiger partial charge is 0.497 e. The second-order valence-electron chi connectivity index (χ2n) is 5.36. The number of carbonyl (C=O) groups excluding carboxylic acids is 3. The van der Waals surface area contributed by atoms with Crippen LogP contribution in [0.25, 0.3) is 15.4 Å². The molecule has 0 bridgehead atoms. The van der Waals surface area contributed by atoms with Gasteiger partial charge in [0.25, 0.3) is 0 Å². The van der Waals surface area contributed by atoms with E-state index in [2.05, 4.69) is 9.72 Å². The molecule has 0 aliphatic carbocycles. The smallest absolute Gasteiger partial charge is 0.375 e. The highest BCUT2D eigenvalue weighted by Crippen LogP contribution is 2.30. The number of methoxy groups -OCH3 is 1. The van der Waals surface area contributed by atoms with Crippen LogP contribution in [0.2, 0.25) is 0 Å². The number of ketones is 2. The van der Waals surface area contributed by atoms with Crippen molar-refractivity contribution < 1.29 is 23.9 Å². The third kappa shape index (κ3) is 3.50. The van der Waals surface area contributed by atoms with Gasteiger partial charge in [0.15, 0.2) is 10.7 Å². The van der Waals surface area contributed by atoms with Crippen molar-refractivity contribution in [3.63, 3.8) is 0 Å². The van der Waals surface area contributed by atoms with Crippen molar-refractivity contribution in [2.45, 2.75) is 13.3 Å². The monoisotopic (exact) mass is 372 g/mol. The predicted molar refractivity (Wildman–Crippen MR) is 95.6 cm³/mol. The lowest BCUT2D eigenvalue weighted by Crippen LogP contribution is -2.21. The summed E-state index contributed by atoms with van der Waals surface area (Å²) in [7, 11) is 1.60. The summed E-state index contributed by atoms with van der Waals surface area (Å²) in [5.41, 5.74) is 1.22. The minimum absolute atomic E-state index is 0.0887. The summed E-state index contributed by atoms with van der Waals surface area (Å²) >= 11 is 1.42. The molecular formula is C18H16N2O5S. The van der Waals surface area contributed by atoms with Crippen LogP contribution in [0.1, 0.15) is 23.8 Å². The number of nitrogens with zero attached hydrogens (tertiary/aromatic N) is 2. The minimum Gasteiger partial charge on any atom is -0.497 e. The van der Waals surface area contributed by atoms with E-state index in [9.17, 15) is 14.4 Å². The van der Waals surface area contributed by atoms with Gasteiger partial charge in [0.2, 0.25) is 5.78 Å². The zero-order valence-electron chi connectivity index (χ0n) is 14.2. The van der Waals surface area contributed by atoms with Gasteiger partial charge in [-0.05, 0) is 36.8 Å². The van der Waals surface area contributed by atoms with Gasteiger partial charge in [0.05, 0.1) is 31.2 Å². The molecule has 3 aromatic rings. The lowest BCUT2D eigenvalue weighted by molar-refractivity contribution is -0.153. The molecule has 2 aromatic heterocycles. The van der Waals surface area contributed by atoms with Gasteiger partial charge >= 0.3 is 5.97 Å². The molecule has 0 unspecified atom stereocenters. The third-order valence-electron chi connectivity index (χ3n) is 3.69. The van der Waals surface area contributed by atoms with E-state index in [4.69, 9.17) is 4.74 Å². The van der Waals surface area contributed by atoms with E-state index < -0.39 is 24.0 Å². The standard InChI is InChI=1S/C18H16N2O5S/c1-3-25-17(23)15(22)8-14(21)13-9-19-18-20(13)10-16(26-18)11-4-6-12(24-2)7-5-11/h4-7,9-10H,3,8H2,1-2H3. The van der Waals surface area contributed by atoms with Gasteiger partial charge in [0, 0.05) is 6.20 Å². The number of aromatic nitrogens is 2. The molecule has 1 aromatic carbocycles. The predicted octanol–water partition coefficient (Wildman–Crippen LogP) is 2.78. The number of fused-ring (bicyclic) bond motifs is 1. The molecule has 0 atom stereocenters. The summed E-state index contributed by atoms with van der Waals surface area (Å²) in [6.07, 6.45) is 2.65. The molecule has 0 radical (unpaired) electrons. The van der Waals surface area contributed by atoms with Crippen LogP contribution in [0.4, 0.5) is 0 Å². The van der Waals surface area contributed by atoms with Gasteiger partial charge in [-0.25, -0.2) is 9.78 Å². The SMILES string of the molecule is CCOC(=O)C(=O)CC(=O)c1cnc2sc(-c3ccc(OC)cc3)cn12. The molecule has 134 valence electrons. The number of thiazole rings is 1. The fourth-order valence-corrected chi connectivity index (χ4v) is 3.36. The number of esters is 1. The highest BCUT2D eigenvalue weighted by Gasteiger charge is 2.23. The van der Waals surface area contributed by atoms with Crippen molar-refractivity contribution in [3.05, 3.63) is 42.4 Å². The third-order valence-corrected chi connectivity index (χ3v) is 4.74. The first-order valence-corrected chi connectivity index (χ1v) is 8.69. The molecule has 0 N–H and O–H groups in total. The quantitative estimate of drug-likeness (QED) is 0.274. The summed E-state index contributed by atoms with van der Waals surface area (Å²) < 4.78 is 11.4. The molecule has 26 heavy (non-hydrogen) atoms. The maximum absolute atomic E-state index is 12.4. The van der Waals surface area contributed by atoms with Gasteiger partial charge in [-0.2, -0.15) is 0 Å². The maximum Gasteiger partial charge on any atom is 0.375 e. The Morgan fingerprint density at radius 3 is 2.58 bits per heavy atom. The minimum atomic E-state index is -0.995. The average Bonchev–Trinajstić information content (AvgIpc) is 3.22. The Kier molecular flexibility index (Phi) is 5.13. The second-order valence-corrected chi connectivity index (χ2v) is 6.37. The van der Waals surface area contributed by atoms with Gasteiger partial charge in [-0.3, -0.25) is 14.0 Å². The van der Waals surface area contributed by atoms with Crippen LogP contribution in [0.15, 0.2) is 36.7 Å². The van der Waals surface area contributed by atoms with E-state index >= 15 is 0 Å². The van der Waals surface area contributed by atoms with Crippen molar-refractivity contribution in [1.29, 1.82) is 0 Å². The number of benzene rings is 1. The van der Waals surface area contributed by atoms with Crippen LogP contribution in [-0.2, 0) is 14.3 Å². The van der Waals surface area contributed by atoms with Crippen molar-refractivity contribution in [2.75, 3.05) is 13.7 Å². The van der Waals surface area contributed by atoms with Crippen LogP contribution in [0, 0.1) is 0 Å². The fourth-order valence-electron chi connectivity index (χ4n) is 2.40. The van der Waals surface area contributed by atoms with Crippen LogP contribution >= 0.6 is 11.3 Å². The Hall–Kier alpha value is -3.00. The zero-order chi connectivity index (χ0) is 18.7. The lowest BCUT2D eigenvalue weighted by Gasteiger charge is -2.01. The van der Waals surface area contributed by atoms with Crippen LogP contribution < -0.4 is 4.74 Å². The van der Waals surface area contributed by atoms with Crippen LogP contribution in [0.3, 0.4) is 0 Å². The number of Topliss-reactive ketones (excluding diaryl/α,β-unsaturated/α-hetero) is 2. The van der Waals surface area contributed by atoms with E-state index in [1.807, 2.05) is 24.3 Å². The molecule has 8 heteroatoms. The number of hydrogen-bond acceptors (Lipinski definition) is 7. The molecule has 0 aliphatic rings.